The Morgan fingerprint density at radius 1 is 0.730 bits per heavy atom. The van der Waals surface area contributed by atoms with Gasteiger partial charge in [0.2, 0.25) is 15.9 Å². The average Bonchev–Trinajstić information content (AvgIpc) is 2.90. The predicted octanol–water partition coefficient (Wildman–Crippen LogP) is 6.11. The first-order valence-corrected chi connectivity index (χ1v) is 13.9. The third-order valence-electron chi connectivity index (χ3n) is 5.81. The van der Waals surface area contributed by atoms with Gasteiger partial charge in [-0.2, -0.15) is 4.72 Å². The van der Waals surface area contributed by atoms with Crippen molar-refractivity contribution >= 4 is 39.1 Å². The van der Waals surface area contributed by atoms with Crippen LogP contribution in [0.1, 0.15) is 16.7 Å². The fourth-order valence-electron chi connectivity index (χ4n) is 4.00. The zero-order valence-electron chi connectivity index (χ0n) is 19.9. The molecule has 0 aliphatic heterocycles. The summed E-state index contributed by atoms with van der Waals surface area (Å²) in [7, 11) is -4.17. The Kier molecular flexibility index (Phi) is 9.00. The van der Waals surface area contributed by atoms with E-state index in [-0.39, 0.29) is 27.3 Å². The minimum Gasteiger partial charge on any atom is -0.333 e. The van der Waals surface area contributed by atoms with Crippen molar-refractivity contribution in [2.75, 3.05) is 0 Å². The van der Waals surface area contributed by atoms with Crippen LogP contribution in [0, 0.1) is 0 Å². The number of rotatable bonds is 10. The maximum absolute atomic E-state index is 14.1. The third kappa shape index (κ3) is 7.43. The molecular weight excluding hydrogens is 527 g/mol. The van der Waals surface area contributed by atoms with Crippen molar-refractivity contribution in [2.24, 2.45) is 0 Å². The number of nitrogens with one attached hydrogen (secondary N) is 1. The van der Waals surface area contributed by atoms with E-state index in [0.717, 1.165) is 16.7 Å². The van der Waals surface area contributed by atoms with E-state index in [0.29, 0.717) is 13.1 Å². The Morgan fingerprint density at radius 2 is 1.22 bits per heavy atom. The molecule has 4 rings (SSSR count). The van der Waals surface area contributed by atoms with E-state index in [1.54, 1.807) is 4.90 Å². The molecule has 0 unspecified atom stereocenters. The summed E-state index contributed by atoms with van der Waals surface area (Å²) in [5.41, 5.74) is 2.69. The lowest BCUT2D eigenvalue weighted by Gasteiger charge is -2.28. The second-order valence-electron chi connectivity index (χ2n) is 8.60. The molecule has 4 aromatic rings. The number of amides is 1. The van der Waals surface area contributed by atoms with Gasteiger partial charge in [-0.3, -0.25) is 4.79 Å². The molecule has 0 heterocycles. The first-order valence-electron chi connectivity index (χ1n) is 11.7. The maximum atomic E-state index is 14.1. The van der Waals surface area contributed by atoms with Crippen molar-refractivity contribution in [1.82, 2.24) is 9.62 Å². The van der Waals surface area contributed by atoms with E-state index in [9.17, 15) is 13.2 Å². The number of halogens is 2. The van der Waals surface area contributed by atoms with Gasteiger partial charge < -0.3 is 4.90 Å². The van der Waals surface area contributed by atoms with Crippen molar-refractivity contribution in [3.63, 3.8) is 0 Å². The smallest absolute Gasteiger partial charge is 0.242 e. The van der Waals surface area contributed by atoms with Crippen molar-refractivity contribution in [3.8, 4) is 0 Å². The van der Waals surface area contributed by atoms with Crippen LogP contribution in [0.3, 0.4) is 0 Å². The number of hydrogen-bond acceptors (Lipinski definition) is 3. The monoisotopic (exact) mass is 552 g/mol. The molecule has 0 spiro atoms. The summed E-state index contributed by atoms with van der Waals surface area (Å²) in [6, 6.07) is 31.6. The van der Waals surface area contributed by atoms with Crippen LogP contribution in [-0.4, -0.2) is 25.3 Å². The molecule has 0 saturated heterocycles. The van der Waals surface area contributed by atoms with Crippen LogP contribution in [0.2, 0.25) is 10.0 Å². The molecule has 1 amide bonds. The third-order valence-corrected chi connectivity index (χ3v) is 7.99. The highest BCUT2D eigenvalue weighted by Crippen LogP contribution is 2.26. The van der Waals surface area contributed by atoms with E-state index < -0.39 is 16.1 Å². The van der Waals surface area contributed by atoms with E-state index in [1.807, 2.05) is 91.0 Å². The Hall–Kier alpha value is -3.16. The molecule has 37 heavy (non-hydrogen) atoms. The van der Waals surface area contributed by atoms with Gasteiger partial charge in [0.1, 0.15) is 10.9 Å². The van der Waals surface area contributed by atoms with Gasteiger partial charge in [-0.15, -0.1) is 0 Å². The molecular formula is C29H26Cl2N2O3S. The molecule has 8 heteroatoms. The zero-order valence-corrected chi connectivity index (χ0v) is 22.3. The predicted molar refractivity (Wildman–Crippen MR) is 148 cm³/mol. The van der Waals surface area contributed by atoms with Crippen LogP contribution in [0.25, 0.3) is 0 Å². The lowest BCUT2D eigenvalue weighted by molar-refractivity contribution is -0.134. The Labute approximate surface area is 227 Å². The standard InChI is InChI=1S/C29H26Cl2N2O3S/c30-25-16-17-26(31)28(19-25)37(35,36)32-27(18-22-10-4-1-5-11-22)29(34)33(20-23-12-6-2-7-13-23)21-24-14-8-3-9-15-24/h1-17,19,27,32H,18,20-21H2/t27-/m0/s1. The van der Waals surface area contributed by atoms with Gasteiger partial charge >= 0.3 is 0 Å². The highest BCUT2D eigenvalue weighted by atomic mass is 35.5. The summed E-state index contributed by atoms with van der Waals surface area (Å²) in [6.45, 7) is 0.638. The normalized spacial score (nSPS) is 12.2. The fraction of sp³-hybridized carbons (Fsp3) is 0.138. The highest BCUT2D eigenvalue weighted by Gasteiger charge is 2.31. The van der Waals surface area contributed by atoms with Gasteiger partial charge in [0.25, 0.3) is 0 Å². The summed E-state index contributed by atoms with van der Waals surface area (Å²) >= 11 is 12.3. The van der Waals surface area contributed by atoms with Crippen LogP contribution < -0.4 is 4.72 Å². The van der Waals surface area contributed by atoms with E-state index in [1.165, 1.54) is 18.2 Å². The summed E-state index contributed by atoms with van der Waals surface area (Å²) in [5, 5.41) is 0.249. The molecule has 0 aliphatic rings. The van der Waals surface area contributed by atoms with Crippen LogP contribution in [0.4, 0.5) is 0 Å². The summed E-state index contributed by atoms with van der Waals surface area (Å²) in [4.78, 5) is 15.5. The van der Waals surface area contributed by atoms with E-state index in [2.05, 4.69) is 4.72 Å². The first-order chi connectivity index (χ1) is 17.8. The highest BCUT2D eigenvalue weighted by molar-refractivity contribution is 7.89. The number of nitrogens with zero attached hydrogens (tertiary/aromatic N) is 1. The fourth-order valence-corrected chi connectivity index (χ4v) is 5.95. The lowest BCUT2D eigenvalue weighted by Crippen LogP contribution is -2.49. The van der Waals surface area contributed by atoms with Crippen LogP contribution in [0.5, 0.6) is 0 Å². The molecule has 5 nitrogen and oxygen atoms in total. The van der Waals surface area contributed by atoms with Crippen molar-refractivity contribution in [1.29, 1.82) is 0 Å². The number of carbonyl (C=O) groups is 1. The number of hydrogen-bond donors (Lipinski definition) is 1. The molecule has 1 N–H and O–H groups in total. The Morgan fingerprint density at radius 3 is 1.73 bits per heavy atom. The summed E-state index contributed by atoms with van der Waals surface area (Å²) < 4.78 is 29.5. The van der Waals surface area contributed by atoms with Gasteiger partial charge in [-0.05, 0) is 41.3 Å². The van der Waals surface area contributed by atoms with Crippen LogP contribution in [-0.2, 0) is 34.3 Å². The largest absolute Gasteiger partial charge is 0.333 e. The van der Waals surface area contributed by atoms with Gasteiger partial charge in [0, 0.05) is 18.1 Å². The van der Waals surface area contributed by atoms with Crippen LogP contribution >= 0.6 is 23.2 Å². The van der Waals surface area contributed by atoms with E-state index >= 15 is 0 Å². The van der Waals surface area contributed by atoms with Crippen molar-refractivity contribution in [2.45, 2.75) is 30.4 Å². The Bertz CT molecular complexity index is 1390. The second-order valence-corrected chi connectivity index (χ2v) is 11.1. The van der Waals surface area contributed by atoms with E-state index in [4.69, 9.17) is 23.2 Å². The lowest BCUT2D eigenvalue weighted by atomic mass is 10.0. The molecule has 0 aromatic heterocycles. The zero-order chi connectivity index (χ0) is 26.3. The molecule has 1 atom stereocenters. The molecule has 4 aromatic carbocycles. The van der Waals surface area contributed by atoms with Gasteiger partial charge in [0.15, 0.2) is 0 Å². The molecule has 0 bridgehead atoms. The van der Waals surface area contributed by atoms with Crippen molar-refractivity contribution < 1.29 is 13.2 Å². The van der Waals surface area contributed by atoms with Gasteiger partial charge in [-0.25, -0.2) is 8.42 Å². The number of sulfonamides is 1. The number of carbonyl (C=O) groups excluding carboxylic acids is 1. The molecule has 0 saturated carbocycles. The van der Waals surface area contributed by atoms with Crippen molar-refractivity contribution in [3.05, 3.63) is 136 Å². The van der Waals surface area contributed by atoms with Gasteiger partial charge in [-0.1, -0.05) is 114 Å². The van der Waals surface area contributed by atoms with Gasteiger partial charge in [0.05, 0.1) is 5.02 Å². The second kappa shape index (κ2) is 12.4. The molecule has 0 fully saturated rings. The Balaban J connectivity index is 1.70. The molecule has 0 aliphatic carbocycles. The maximum Gasteiger partial charge on any atom is 0.242 e. The topological polar surface area (TPSA) is 66.5 Å². The summed E-state index contributed by atoms with van der Waals surface area (Å²) in [6.07, 6.45) is 0.164. The minimum absolute atomic E-state index is 0.0215. The quantitative estimate of drug-likeness (QED) is 0.258. The van der Waals surface area contributed by atoms with Crippen LogP contribution in [0.15, 0.2) is 114 Å². The molecule has 0 radical (unpaired) electrons. The molecule has 190 valence electrons. The minimum atomic E-state index is -4.17. The summed E-state index contributed by atoms with van der Waals surface area (Å²) in [5.74, 6) is -0.349. The number of benzene rings is 4. The average molecular weight is 554 g/mol. The SMILES string of the molecule is O=C([C@H](Cc1ccccc1)NS(=O)(=O)c1cc(Cl)ccc1Cl)N(Cc1ccccc1)Cc1ccccc1. The first kappa shape index (κ1) is 26.9.